The Morgan fingerprint density at radius 1 is 1.17 bits per heavy atom. The van der Waals surface area contributed by atoms with Gasteiger partial charge in [0.15, 0.2) is 0 Å². The molecule has 0 amide bonds. The highest BCUT2D eigenvalue weighted by Crippen LogP contribution is 2.38. The maximum atomic E-state index is 15.1. The molecule has 5 rings (SSSR count). The first-order valence-corrected chi connectivity index (χ1v) is 13.3. The summed E-state index contributed by atoms with van der Waals surface area (Å²) in [5.74, 6) is -0.147. The molecular weight excluding hydrogens is 463 g/mol. The third-order valence-corrected chi connectivity index (χ3v) is 8.09. The van der Waals surface area contributed by atoms with E-state index in [1.807, 2.05) is 49.6 Å². The molecule has 36 heavy (non-hydrogen) atoms. The quantitative estimate of drug-likeness (QED) is 0.174. The van der Waals surface area contributed by atoms with Crippen molar-refractivity contribution >= 4 is 39.3 Å². The molecule has 0 saturated carbocycles. The van der Waals surface area contributed by atoms with Crippen LogP contribution in [-0.4, -0.2) is 24.2 Å². The smallest absolute Gasteiger partial charge is 0.128 e. The molecule has 0 atom stereocenters. The summed E-state index contributed by atoms with van der Waals surface area (Å²) < 4.78 is 16.2. The Balaban J connectivity index is 1.53. The van der Waals surface area contributed by atoms with Gasteiger partial charge in [0.05, 0.1) is 5.70 Å². The molecule has 1 saturated heterocycles. The molecular formula is C32H31FN2S. The van der Waals surface area contributed by atoms with E-state index in [4.69, 9.17) is 4.99 Å². The van der Waals surface area contributed by atoms with Gasteiger partial charge >= 0.3 is 0 Å². The number of fused-ring (bicyclic) bond motifs is 3. The number of aliphatic imine (C=N–C) groups is 1. The van der Waals surface area contributed by atoms with Gasteiger partial charge in [0, 0.05) is 40.1 Å². The Kier molecular flexibility index (Phi) is 7.15. The highest BCUT2D eigenvalue weighted by atomic mass is 32.1. The lowest BCUT2D eigenvalue weighted by Crippen LogP contribution is -1.99. The molecule has 0 N–H and O–H groups in total. The molecule has 182 valence electrons. The number of thiophene rings is 1. The fourth-order valence-electron chi connectivity index (χ4n) is 4.62. The van der Waals surface area contributed by atoms with Crippen LogP contribution in [0.4, 0.5) is 4.39 Å². The summed E-state index contributed by atoms with van der Waals surface area (Å²) in [5, 5.41) is 1.20. The van der Waals surface area contributed by atoms with E-state index < -0.39 is 0 Å². The van der Waals surface area contributed by atoms with Crippen LogP contribution < -0.4 is 0 Å². The third kappa shape index (κ3) is 5.05. The highest BCUT2D eigenvalue weighted by molar-refractivity contribution is 7.20. The van der Waals surface area contributed by atoms with E-state index in [0.29, 0.717) is 6.42 Å². The fourth-order valence-corrected chi connectivity index (χ4v) is 5.94. The Morgan fingerprint density at radius 2 is 1.97 bits per heavy atom. The minimum Gasteiger partial charge on any atom is -0.368 e. The predicted molar refractivity (Wildman–Crippen MR) is 154 cm³/mol. The summed E-state index contributed by atoms with van der Waals surface area (Å²) in [7, 11) is 0. The number of aryl methyl sites for hydroxylation is 1. The lowest BCUT2D eigenvalue weighted by atomic mass is 9.98. The highest BCUT2D eigenvalue weighted by Gasteiger charge is 2.21. The van der Waals surface area contributed by atoms with Crippen molar-refractivity contribution in [3.05, 3.63) is 118 Å². The van der Waals surface area contributed by atoms with Crippen LogP contribution in [0.3, 0.4) is 0 Å². The molecule has 2 aromatic carbocycles. The van der Waals surface area contributed by atoms with Gasteiger partial charge < -0.3 is 4.90 Å². The SMILES string of the molecule is C=C(/C(C)=C(/C=C\C)\N=C/C(=C\Cc1c(F)ccc2c3c(sc12)C=CCC3)c1ccccc1)N1CC1. The average Bonchev–Trinajstić information content (AvgIpc) is 3.69. The van der Waals surface area contributed by atoms with Crippen LogP contribution in [0.25, 0.3) is 21.7 Å². The van der Waals surface area contributed by atoms with Crippen molar-refractivity contribution in [3.63, 3.8) is 0 Å². The Morgan fingerprint density at radius 3 is 2.72 bits per heavy atom. The van der Waals surface area contributed by atoms with Gasteiger partial charge in [-0.25, -0.2) is 4.39 Å². The summed E-state index contributed by atoms with van der Waals surface area (Å²) >= 11 is 1.71. The van der Waals surface area contributed by atoms with Crippen molar-refractivity contribution in [2.24, 2.45) is 4.99 Å². The number of hydrogen-bond donors (Lipinski definition) is 0. The summed E-state index contributed by atoms with van der Waals surface area (Å²) in [6, 6.07) is 13.8. The average molecular weight is 495 g/mol. The van der Waals surface area contributed by atoms with Crippen molar-refractivity contribution in [1.29, 1.82) is 0 Å². The predicted octanol–water partition coefficient (Wildman–Crippen LogP) is 8.38. The molecule has 2 aliphatic rings. The minimum atomic E-state index is -0.147. The minimum absolute atomic E-state index is 0.147. The Bertz CT molecular complexity index is 1450. The van der Waals surface area contributed by atoms with E-state index in [2.05, 4.69) is 48.8 Å². The first kappa shape index (κ1) is 24.2. The van der Waals surface area contributed by atoms with Crippen molar-refractivity contribution in [2.45, 2.75) is 33.1 Å². The van der Waals surface area contributed by atoms with Crippen LogP contribution in [-0.2, 0) is 12.8 Å². The third-order valence-electron chi connectivity index (χ3n) is 6.81. The molecule has 1 fully saturated rings. The zero-order chi connectivity index (χ0) is 25.1. The molecule has 0 unspecified atom stereocenters. The molecule has 0 bridgehead atoms. The second-order valence-corrected chi connectivity index (χ2v) is 10.3. The first-order valence-electron chi connectivity index (χ1n) is 12.5. The van der Waals surface area contributed by atoms with Gasteiger partial charge in [0.2, 0.25) is 0 Å². The van der Waals surface area contributed by atoms with E-state index in [-0.39, 0.29) is 5.82 Å². The molecule has 1 aliphatic carbocycles. The normalized spacial score (nSPS) is 16.2. The van der Waals surface area contributed by atoms with Crippen molar-refractivity contribution in [2.75, 3.05) is 13.1 Å². The zero-order valence-corrected chi connectivity index (χ0v) is 21.7. The zero-order valence-electron chi connectivity index (χ0n) is 20.9. The van der Waals surface area contributed by atoms with E-state index in [1.165, 1.54) is 15.8 Å². The number of benzene rings is 2. The molecule has 2 nitrogen and oxygen atoms in total. The Labute approximate surface area is 217 Å². The Hall–Kier alpha value is -3.50. The maximum absolute atomic E-state index is 15.1. The van der Waals surface area contributed by atoms with E-state index >= 15 is 4.39 Å². The second-order valence-electron chi connectivity index (χ2n) is 9.22. The number of halogens is 1. The van der Waals surface area contributed by atoms with Crippen molar-refractivity contribution in [1.82, 2.24) is 4.90 Å². The monoisotopic (exact) mass is 494 g/mol. The lowest BCUT2D eigenvalue weighted by Gasteiger charge is -2.10. The summed E-state index contributed by atoms with van der Waals surface area (Å²) in [5.41, 5.74) is 7.14. The van der Waals surface area contributed by atoms with Crippen LogP contribution in [0.15, 0.2) is 95.3 Å². The first-order chi connectivity index (χ1) is 17.6. The van der Waals surface area contributed by atoms with Gasteiger partial charge in [-0.15, -0.1) is 11.3 Å². The molecule has 1 aliphatic heterocycles. The van der Waals surface area contributed by atoms with Gasteiger partial charge in [-0.1, -0.05) is 61.2 Å². The fraction of sp³-hybridized carbons (Fsp3) is 0.219. The standard InChI is InChI=1S/C32H31FN2S/c1-4-10-30(22(2)23(3)35-19-20-35)34-21-25(24-11-6-5-7-12-24)15-16-28-29(33)18-17-27-26-13-8-9-14-31(26)36-32(27)28/h4-7,9-12,14-15,17-18,21H,3,8,13,16,19-20H2,1-2H3/b10-4-,25-15+,30-22-,34-21-. The van der Waals surface area contributed by atoms with Crippen LogP contribution in [0.1, 0.15) is 41.8 Å². The van der Waals surface area contributed by atoms with Crippen molar-refractivity contribution < 1.29 is 4.39 Å². The van der Waals surface area contributed by atoms with Gasteiger partial charge in [-0.05, 0) is 79.0 Å². The molecule has 4 heteroatoms. The van der Waals surface area contributed by atoms with Crippen LogP contribution >= 0.6 is 11.3 Å². The van der Waals surface area contributed by atoms with E-state index in [1.54, 1.807) is 17.4 Å². The largest absolute Gasteiger partial charge is 0.368 e. The van der Waals surface area contributed by atoms with Gasteiger partial charge in [-0.2, -0.15) is 0 Å². The second kappa shape index (κ2) is 10.6. The number of rotatable bonds is 8. The number of allylic oxidation sites excluding steroid dienone is 6. The molecule has 0 spiro atoms. The number of hydrogen-bond acceptors (Lipinski definition) is 3. The van der Waals surface area contributed by atoms with Crippen LogP contribution in [0.5, 0.6) is 0 Å². The molecule has 1 aromatic heterocycles. The van der Waals surface area contributed by atoms with Crippen molar-refractivity contribution in [3.8, 4) is 0 Å². The topological polar surface area (TPSA) is 15.4 Å². The summed E-state index contributed by atoms with van der Waals surface area (Å²) in [6.45, 7) is 10.4. The molecule has 2 heterocycles. The van der Waals surface area contributed by atoms with E-state index in [0.717, 1.165) is 64.3 Å². The summed E-state index contributed by atoms with van der Waals surface area (Å²) in [6.07, 6.45) is 15.0. The summed E-state index contributed by atoms with van der Waals surface area (Å²) in [4.78, 5) is 8.38. The molecule has 0 radical (unpaired) electrons. The molecule has 3 aromatic rings. The van der Waals surface area contributed by atoms with Gasteiger partial charge in [0.1, 0.15) is 5.82 Å². The maximum Gasteiger partial charge on any atom is 0.128 e. The van der Waals surface area contributed by atoms with Crippen LogP contribution in [0.2, 0.25) is 0 Å². The van der Waals surface area contributed by atoms with Crippen LogP contribution in [0, 0.1) is 5.82 Å². The van der Waals surface area contributed by atoms with Gasteiger partial charge in [0.25, 0.3) is 0 Å². The number of nitrogens with zero attached hydrogens (tertiary/aromatic N) is 2. The van der Waals surface area contributed by atoms with Gasteiger partial charge in [-0.3, -0.25) is 4.99 Å². The van der Waals surface area contributed by atoms with E-state index in [9.17, 15) is 0 Å². The lowest BCUT2D eigenvalue weighted by molar-refractivity contribution is 0.618.